The van der Waals surface area contributed by atoms with E-state index in [0.717, 1.165) is 12.4 Å². The molecule has 0 bridgehead atoms. The predicted octanol–water partition coefficient (Wildman–Crippen LogP) is 4.36. The van der Waals surface area contributed by atoms with E-state index in [4.69, 9.17) is 4.99 Å². The zero-order chi connectivity index (χ0) is 13.9. The Morgan fingerprint density at radius 3 is 2.21 bits per heavy atom. The Bertz CT molecular complexity index is 355. The van der Waals surface area contributed by atoms with E-state index in [0.29, 0.717) is 0 Å². The number of unbranched alkanes of at least 4 members (excludes halogenated alkanes) is 5. The molecule has 1 aromatic rings. The minimum Gasteiger partial charge on any atom is -0.363 e. The molecule has 0 aromatic heterocycles. The maximum Gasteiger partial charge on any atom is 0.130 e. The van der Waals surface area contributed by atoms with E-state index in [2.05, 4.69) is 50.2 Å². The van der Waals surface area contributed by atoms with Gasteiger partial charge in [-0.15, -0.1) is 0 Å². The maximum atomic E-state index is 4.75. The van der Waals surface area contributed by atoms with Gasteiger partial charge in [-0.25, -0.2) is 0 Å². The first-order valence-electron chi connectivity index (χ1n) is 7.53. The van der Waals surface area contributed by atoms with Crippen molar-refractivity contribution in [1.29, 1.82) is 0 Å². The van der Waals surface area contributed by atoms with Crippen molar-refractivity contribution in [2.24, 2.45) is 4.99 Å². The molecule has 0 radical (unpaired) electrons. The third-order valence-corrected chi connectivity index (χ3v) is 3.23. The Labute approximate surface area is 118 Å². The highest BCUT2D eigenvalue weighted by Gasteiger charge is 2.04. The summed E-state index contributed by atoms with van der Waals surface area (Å²) >= 11 is 0. The first kappa shape index (κ1) is 15.7. The molecule has 0 aliphatic carbocycles. The Hall–Kier alpha value is -1.31. The smallest absolute Gasteiger partial charge is 0.130 e. The van der Waals surface area contributed by atoms with Gasteiger partial charge in [0, 0.05) is 26.2 Å². The lowest BCUT2D eigenvalue weighted by Crippen LogP contribution is -2.23. The van der Waals surface area contributed by atoms with Gasteiger partial charge in [0.2, 0.25) is 0 Å². The molecule has 0 amide bonds. The summed E-state index contributed by atoms with van der Waals surface area (Å²) in [4.78, 5) is 6.86. The summed E-state index contributed by atoms with van der Waals surface area (Å²) in [6.45, 7) is 3.20. The van der Waals surface area contributed by atoms with Crippen LogP contribution in [0, 0.1) is 0 Å². The monoisotopic (exact) mass is 260 g/mol. The molecule has 0 fully saturated rings. The molecule has 1 rings (SSSR count). The molecular formula is C17H28N2. The highest BCUT2D eigenvalue weighted by Crippen LogP contribution is 2.07. The van der Waals surface area contributed by atoms with Crippen LogP contribution in [0.5, 0.6) is 0 Å². The van der Waals surface area contributed by atoms with Gasteiger partial charge in [0.1, 0.15) is 5.84 Å². The van der Waals surface area contributed by atoms with Crippen LogP contribution in [-0.4, -0.2) is 31.4 Å². The fourth-order valence-corrected chi connectivity index (χ4v) is 2.16. The lowest BCUT2D eigenvalue weighted by Gasteiger charge is -2.16. The summed E-state index contributed by atoms with van der Waals surface area (Å²) in [6, 6.07) is 10.4. The zero-order valence-corrected chi connectivity index (χ0v) is 12.7. The standard InChI is InChI=1S/C17H28N2/c1-4-5-6-7-8-12-15-18-17(19(2)3)16-13-10-9-11-14-16/h9-11,13-14H,4-8,12,15H2,1-3H3. The van der Waals surface area contributed by atoms with Crippen LogP contribution in [-0.2, 0) is 0 Å². The van der Waals surface area contributed by atoms with E-state index in [1.54, 1.807) is 0 Å². The second kappa shape index (κ2) is 9.60. The quantitative estimate of drug-likeness (QED) is 0.385. The number of aliphatic imine (C=N–C) groups is 1. The summed E-state index contributed by atoms with van der Waals surface area (Å²) in [5, 5.41) is 0. The number of rotatable bonds is 8. The molecule has 0 aliphatic heterocycles. The molecule has 0 heterocycles. The maximum absolute atomic E-state index is 4.75. The molecule has 0 aliphatic rings. The van der Waals surface area contributed by atoms with Crippen LogP contribution >= 0.6 is 0 Å². The van der Waals surface area contributed by atoms with Crippen molar-refractivity contribution in [2.45, 2.75) is 45.4 Å². The lowest BCUT2D eigenvalue weighted by molar-refractivity contribution is 0.598. The molecule has 0 unspecified atom stereocenters. The summed E-state index contributed by atoms with van der Waals surface area (Å²) in [5.74, 6) is 1.09. The van der Waals surface area contributed by atoms with Crippen LogP contribution in [0.2, 0.25) is 0 Å². The van der Waals surface area contributed by atoms with Crippen molar-refractivity contribution in [3.8, 4) is 0 Å². The van der Waals surface area contributed by atoms with E-state index >= 15 is 0 Å². The number of amidine groups is 1. The Morgan fingerprint density at radius 2 is 1.58 bits per heavy atom. The Kier molecular flexibility index (Phi) is 7.95. The summed E-state index contributed by atoms with van der Waals surface area (Å²) in [5.41, 5.74) is 1.21. The van der Waals surface area contributed by atoms with Crippen molar-refractivity contribution in [1.82, 2.24) is 4.90 Å². The topological polar surface area (TPSA) is 15.6 Å². The lowest BCUT2D eigenvalue weighted by atomic mass is 10.1. The summed E-state index contributed by atoms with van der Waals surface area (Å²) < 4.78 is 0. The fraction of sp³-hybridized carbons (Fsp3) is 0.588. The van der Waals surface area contributed by atoms with Crippen molar-refractivity contribution < 1.29 is 0 Å². The molecule has 0 spiro atoms. The Morgan fingerprint density at radius 1 is 0.947 bits per heavy atom. The molecule has 0 atom stereocenters. The molecule has 2 nitrogen and oxygen atoms in total. The molecule has 0 saturated heterocycles. The number of hydrogen-bond acceptors (Lipinski definition) is 1. The van der Waals surface area contributed by atoms with Crippen LogP contribution in [0.1, 0.15) is 51.0 Å². The average Bonchev–Trinajstić information content (AvgIpc) is 2.42. The largest absolute Gasteiger partial charge is 0.363 e. The van der Waals surface area contributed by atoms with Gasteiger partial charge >= 0.3 is 0 Å². The second-order valence-corrected chi connectivity index (χ2v) is 5.23. The van der Waals surface area contributed by atoms with Crippen LogP contribution < -0.4 is 0 Å². The van der Waals surface area contributed by atoms with E-state index in [1.807, 2.05) is 6.07 Å². The van der Waals surface area contributed by atoms with Gasteiger partial charge in [-0.1, -0.05) is 69.4 Å². The highest BCUT2D eigenvalue weighted by atomic mass is 15.1. The molecular weight excluding hydrogens is 232 g/mol. The summed E-state index contributed by atoms with van der Waals surface area (Å²) in [7, 11) is 4.13. The van der Waals surface area contributed by atoms with Crippen molar-refractivity contribution >= 4 is 5.84 Å². The Balaban J connectivity index is 2.39. The number of hydrogen-bond donors (Lipinski definition) is 0. The van der Waals surface area contributed by atoms with Gasteiger partial charge in [0.25, 0.3) is 0 Å². The van der Waals surface area contributed by atoms with Crippen LogP contribution in [0.4, 0.5) is 0 Å². The van der Waals surface area contributed by atoms with Gasteiger partial charge in [0.15, 0.2) is 0 Å². The predicted molar refractivity (Wildman–Crippen MR) is 84.9 cm³/mol. The van der Waals surface area contributed by atoms with E-state index in [9.17, 15) is 0 Å². The van der Waals surface area contributed by atoms with Crippen LogP contribution in [0.25, 0.3) is 0 Å². The third-order valence-electron chi connectivity index (χ3n) is 3.23. The highest BCUT2D eigenvalue weighted by molar-refractivity contribution is 5.98. The minimum absolute atomic E-state index is 0.939. The van der Waals surface area contributed by atoms with Gasteiger partial charge in [-0.3, -0.25) is 4.99 Å². The SMILES string of the molecule is CCCCCCCCN=C(c1ccccc1)N(C)C. The van der Waals surface area contributed by atoms with Crippen molar-refractivity contribution in [2.75, 3.05) is 20.6 Å². The van der Waals surface area contributed by atoms with Crippen molar-refractivity contribution in [3.05, 3.63) is 35.9 Å². The third kappa shape index (κ3) is 6.42. The number of benzene rings is 1. The molecule has 0 saturated carbocycles. The summed E-state index contributed by atoms with van der Waals surface area (Å²) in [6.07, 6.45) is 7.92. The van der Waals surface area contributed by atoms with Gasteiger partial charge < -0.3 is 4.90 Å². The molecule has 19 heavy (non-hydrogen) atoms. The second-order valence-electron chi connectivity index (χ2n) is 5.23. The zero-order valence-electron chi connectivity index (χ0n) is 12.7. The van der Waals surface area contributed by atoms with E-state index in [-0.39, 0.29) is 0 Å². The minimum atomic E-state index is 0.939. The van der Waals surface area contributed by atoms with Gasteiger partial charge in [-0.05, 0) is 6.42 Å². The van der Waals surface area contributed by atoms with Crippen molar-refractivity contribution in [3.63, 3.8) is 0 Å². The van der Waals surface area contributed by atoms with E-state index in [1.165, 1.54) is 44.1 Å². The van der Waals surface area contributed by atoms with E-state index < -0.39 is 0 Å². The molecule has 0 N–H and O–H groups in total. The van der Waals surface area contributed by atoms with Gasteiger partial charge in [-0.2, -0.15) is 0 Å². The van der Waals surface area contributed by atoms with Crippen LogP contribution in [0.3, 0.4) is 0 Å². The molecule has 1 aromatic carbocycles. The fourth-order valence-electron chi connectivity index (χ4n) is 2.16. The normalized spacial score (nSPS) is 11.6. The molecule has 106 valence electrons. The average molecular weight is 260 g/mol. The number of nitrogens with zero attached hydrogens (tertiary/aromatic N) is 2. The molecule has 2 heteroatoms. The first-order valence-corrected chi connectivity index (χ1v) is 7.53. The first-order chi connectivity index (χ1) is 9.25. The van der Waals surface area contributed by atoms with Crippen LogP contribution in [0.15, 0.2) is 35.3 Å². The van der Waals surface area contributed by atoms with Gasteiger partial charge in [0.05, 0.1) is 0 Å².